The summed E-state index contributed by atoms with van der Waals surface area (Å²) in [5, 5.41) is 5.21. The van der Waals surface area contributed by atoms with Crippen LogP contribution in [0.1, 0.15) is 28.4 Å². The topological polar surface area (TPSA) is 107 Å². The molecule has 0 unspecified atom stereocenters. The second-order valence-corrected chi connectivity index (χ2v) is 6.41. The summed E-state index contributed by atoms with van der Waals surface area (Å²) < 4.78 is 21.0. The number of amides is 2. The molecule has 1 atom stereocenters. The lowest BCUT2D eigenvalue weighted by Crippen LogP contribution is -2.47. The van der Waals surface area contributed by atoms with Crippen molar-refractivity contribution in [3.63, 3.8) is 0 Å². The number of rotatable bonds is 6. The van der Waals surface area contributed by atoms with Crippen LogP contribution in [0, 0.1) is 0 Å². The predicted molar refractivity (Wildman–Crippen MR) is 109 cm³/mol. The normalized spacial score (nSPS) is 15.5. The number of methoxy groups -OCH3 is 4. The van der Waals surface area contributed by atoms with Gasteiger partial charge in [-0.3, -0.25) is 20.2 Å². The number of benzene rings is 2. The van der Waals surface area contributed by atoms with Gasteiger partial charge in [-0.15, -0.1) is 0 Å². The van der Waals surface area contributed by atoms with Gasteiger partial charge in [-0.25, -0.2) is 4.99 Å². The van der Waals surface area contributed by atoms with E-state index in [2.05, 4.69) is 15.6 Å². The lowest BCUT2D eigenvalue weighted by molar-refractivity contribution is -0.120. The summed E-state index contributed by atoms with van der Waals surface area (Å²) >= 11 is 0. The van der Waals surface area contributed by atoms with E-state index >= 15 is 0 Å². The van der Waals surface area contributed by atoms with Crippen molar-refractivity contribution in [3.8, 4) is 23.0 Å². The SMILES string of the molecule is COc1cc(OC)cc(C(=O)NC2=N[C@@H](c3cc(OC)ccc3OC)CC(=O)N2)c1. The zero-order chi connectivity index (χ0) is 21.7. The molecule has 9 heteroatoms. The minimum atomic E-state index is -0.543. The van der Waals surface area contributed by atoms with E-state index in [9.17, 15) is 9.59 Å². The Morgan fingerprint density at radius 1 is 0.967 bits per heavy atom. The molecule has 0 aromatic heterocycles. The van der Waals surface area contributed by atoms with Crippen LogP contribution in [0.3, 0.4) is 0 Å². The maximum atomic E-state index is 12.7. The highest BCUT2D eigenvalue weighted by Gasteiger charge is 2.26. The monoisotopic (exact) mass is 413 g/mol. The van der Waals surface area contributed by atoms with Crippen molar-refractivity contribution in [3.05, 3.63) is 47.5 Å². The van der Waals surface area contributed by atoms with Gasteiger partial charge < -0.3 is 18.9 Å². The van der Waals surface area contributed by atoms with Crippen LogP contribution < -0.4 is 29.6 Å². The molecule has 2 aromatic rings. The molecule has 0 spiro atoms. The minimum Gasteiger partial charge on any atom is -0.497 e. The van der Waals surface area contributed by atoms with E-state index in [0.29, 0.717) is 34.1 Å². The number of carbonyl (C=O) groups is 2. The first-order valence-electron chi connectivity index (χ1n) is 9.11. The fourth-order valence-electron chi connectivity index (χ4n) is 3.05. The molecule has 0 radical (unpaired) electrons. The fraction of sp³-hybridized carbons (Fsp3) is 0.286. The van der Waals surface area contributed by atoms with E-state index in [1.165, 1.54) is 21.3 Å². The Labute approximate surface area is 174 Å². The molecule has 2 amide bonds. The molecule has 2 N–H and O–H groups in total. The molecule has 1 aliphatic heterocycles. The molecule has 0 saturated carbocycles. The summed E-state index contributed by atoms with van der Waals surface area (Å²) in [5.74, 6) is 1.42. The highest BCUT2D eigenvalue weighted by Crippen LogP contribution is 2.34. The van der Waals surface area contributed by atoms with Crippen LogP contribution in [0.15, 0.2) is 41.4 Å². The highest BCUT2D eigenvalue weighted by molar-refractivity contribution is 6.10. The average Bonchev–Trinajstić information content (AvgIpc) is 2.77. The van der Waals surface area contributed by atoms with Crippen LogP contribution >= 0.6 is 0 Å². The van der Waals surface area contributed by atoms with Crippen molar-refractivity contribution in [2.45, 2.75) is 12.5 Å². The quantitative estimate of drug-likeness (QED) is 0.751. The van der Waals surface area contributed by atoms with Gasteiger partial charge in [0.05, 0.1) is 40.9 Å². The van der Waals surface area contributed by atoms with E-state index in [0.717, 1.165) is 0 Å². The van der Waals surface area contributed by atoms with Crippen LogP contribution in [-0.4, -0.2) is 46.2 Å². The van der Waals surface area contributed by atoms with Crippen molar-refractivity contribution in [2.75, 3.05) is 28.4 Å². The average molecular weight is 413 g/mol. The number of hydrogen-bond donors (Lipinski definition) is 2. The Morgan fingerprint density at radius 3 is 2.23 bits per heavy atom. The predicted octanol–water partition coefficient (Wildman–Crippen LogP) is 2.07. The van der Waals surface area contributed by atoms with Gasteiger partial charge >= 0.3 is 0 Å². The van der Waals surface area contributed by atoms with Gasteiger partial charge in [0.25, 0.3) is 5.91 Å². The standard InChI is InChI=1S/C21H23N3O6/c1-27-13-5-6-18(30-4)16(10-13)17-11-19(25)23-21(22-17)24-20(26)12-7-14(28-2)9-15(8-12)29-3/h5-10,17H,11H2,1-4H3,(H2,22,23,24,25,26)/t17-/m1/s1. The van der Waals surface area contributed by atoms with Gasteiger partial charge in [-0.05, 0) is 30.3 Å². The summed E-state index contributed by atoms with van der Waals surface area (Å²) in [7, 11) is 6.08. The second kappa shape index (κ2) is 9.17. The Hall–Kier alpha value is -3.75. The number of aliphatic imine (C=N–C) groups is 1. The van der Waals surface area contributed by atoms with Gasteiger partial charge in [0.15, 0.2) is 0 Å². The minimum absolute atomic E-state index is 0.0490. The molecule has 0 fully saturated rings. The van der Waals surface area contributed by atoms with Crippen molar-refractivity contribution >= 4 is 17.8 Å². The Kier molecular flexibility index (Phi) is 6.41. The van der Waals surface area contributed by atoms with Crippen LogP contribution in [0.2, 0.25) is 0 Å². The maximum absolute atomic E-state index is 12.7. The molecule has 1 aliphatic rings. The van der Waals surface area contributed by atoms with Gasteiger partial charge in [0.1, 0.15) is 23.0 Å². The lowest BCUT2D eigenvalue weighted by Gasteiger charge is -2.23. The molecular weight excluding hydrogens is 390 g/mol. The number of guanidine groups is 1. The summed E-state index contributed by atoms with van der Waals surface area (Å²) in [6.07, 6.45) is 0.107. The number of nitrogens with one attached hydrogen (secondary N) is 2. The van der Waals surface area contributed by atoms with Gasteiger partial charge in [0.2, 0.25) is 11.9 Å². The molecular formula is C21H23N3O6. The fourth-order valence-corrected chi connectivity index (χ4v) is 3.05. The van der Waals surface area contributed by atoms with E-state index in [1.807, 2.05) is 0 Å². The third-order valence-corrected chi connectivity index (χ3v) is 4.56. The van der Waals surface area contributed by atoms with E-state index in [1.54, 1.807) is 43.5 Å². The van der Waals surface area contributed by atoms with Crippen LogP contribution in [0.5, 0.6) is 23.0 Å². The molecule has 1 heterocycles. The molecule has 3 rings (SSSR count). The lowest BCUT2D eigenvalue weighted by atomic mass is 10.0. The van der Waals surface area contributed by atoms with Crippen molar-refractivity contribution < 1.29 is 28.5 Å². The highest BCUT2D eigenvalue weighted by atomic mass is 16.5. The summed E-state index contributed by atoms with van der Waals surface area (Å²) in [6, 6.07) is 9.50. The maximum Gasteiger partial charge on any atom is 0.258 e. The van der Waals surface area contributed by atoms with E-state index in [-0.39, 0.29) is 18.3 Å². The summed E-state index contributed by atoms with van der Waals surface area (Å²) in [4.78, 5) is 29.5. The van der Waals surface area contributed by atoms with Gasteiger partial charge in [-0.1, -0.05) is 0 Å². The number of hydrogen-bond acceptors (Lipinski definition) is 7. The van der Waals surface area contributed by atoms with Gasteiger partial charge in [-0.2, -0.15) is 0 Å². The zero-order valence-corrected chi connectivity index (χ0v) is 17.1. The number of ether oxygens (including phenoxy) is 4. The van der Waals surface area contributed by atoms with E-state index in [4.69, 9.17) is 18.9 Å². The Balaban J connectivity index is 1.89. The molecule has 30 heavy (non-hydrogen) atoms. The Morgan fingerprint density at radius 2 is 1.63 bits per heavy atom. The first-order chi connectivity index (χ1) is 14.5. The molecule has 2 aromatic carbocycles. The third kappa shape index (κ3) is 4.62. The number of carbonyl (C=O) groups excluding carboxylic acids is 2. The second-order valence-electron chi connectivity index (χ2n) is 6.41. The number of nitrogens with zero attached hydrogens (tertiary/aromatic N) is 1. The first-order valence-corrected chi connectivity index (χ1v) is 9.11. The molecule has 0 saturated heterocycles. The first kappa shape index (κ1) is 21.0. The molecule has 9 nitrogen and oxygen atoms in total. The van der Waals surface area contributed by atoms with Crippen LogP contribution in [0.4, 0.5) is 0 Å². The largest absolute Gasteiger partial charge is 0.497 e. The zero-order valence-electron chi connectivity index (χ0n) is 17.1. The van der Waals surface area contributed by atoms with Crippen LogP contribution in [-0.2, 0) is 4.79 Å². The van der Waals surface area contributed by atoms with E-state index < -0.39 is 11.9 Å². The third-order valence-electron chi connectivity index (χ3n) is 4.56. The Bertz CT molecular complexity index is 966. The van der Waals surface area contributed by atoms with Crippen molar-refractivity contribution in [1.29, 1.82) is 0 Å². The summed E-state index contributed by atoms with van der Waals surface area (Å²) in [6.45, 7) is 0. The molecule has 0 aliphatic carbocycles. The van der Waals surface area contributed by atoms with Gasteiger partial charge in [0, 0.05) is 17.2 Å². The molecule has 158 valence electrons. The van der Waals surface area contributed by atoms with Crippen LogP contribution in [0.25, 0.3) is 0 Å². The smallest absolute Gasteiger partial charge is 0.258 e. The van der Waals surface area contributed by atoms with Crippen molar-refractivity contribution in [1.82, 2.24) is 10.6 Å². The molecule has 0 bridgehead atoms. The van der Waals surface area contributed by atoms with Crippen molar-refractivity contribution in [2.24, 2.45) is 4.99 Å². The summed E-state index contributed by atoms with van der Waals surface area (Å²) in [5.41, 5.74) is 0.978.